The minimum Gasteiger partial charge on any atom is -0.501 e. The van der Waals surface area contributed by atoms with Gasteiger partial charge in [-0.2, -0.15) is 0 Å². The Morgan fingerprint density at radius 3 is 1.51 bits per heavy atom. The zero-order valence-corrected chi connectivity index (χ0v) is 50.9. The number of ether oxygens (including phenoxy) is 1. The summed E-state index contributed by atoms with van der Waals surface area (Å²) in [5.74, 6) is 3.29. The maximum absolute atomic E-state index is 7.17. The second kappa shape index (κ2) is 21.7. The molecule has 0 unspecified atom stereocenters. The maximum Gasteiger partial charge on any atom is 2.00 e. The summed E-state index contributed by atoms with van der Waals surface area (Å²) in [5.41, 5.74) is 20.6. The third-order valence-corrected chi connectivity index (χ3v) is 16.4. The summed E-state index contributed by atoms with van der Waals surface area (Å²) in [4.78, 5) is 15.9. The molecule has 10 aromatic carbocycles. The van der Waals surface area contributed by atoms with E-state index in [1.807, 2.05) is 19.1 Å². The van der Waals surface area contributed by atoms with Crippen molar-refractivity contribution in [3.05, 3.63) is 234 Å². The standard InChI is InChI=1S/C76H63N5O2.Pt/c1-44(2)59-35-54(49-21-12-10-13-22-49)36-60(45(3)4)72(59)80-69-29-18-16-27-66(69)78-75(80)52-25-20-26-57(34-52)82-58-42-64-63-39-53-33-51-32-31-48(9)77-68(51)40-56(53)41-71(63)83-74(64)65(43-58)76-79-67-28-17-19-30-70(67)81(76)73-61(46(5)6)37-55(38-62(73)47(7)8)50-23-14-11-15-24-50;/h10-33,35-42,44-47H,1-9H3;/q-2;+2. The molecule has 0 spiro atoms. The first-order valence-corrected chi connectivity index (χ1v) is 29.1. The van der Waals surface area contributed by atoms with Gasteiger partial charge in [-0.1, -0.05) is 176 Å². The zero-order valence-electron chi connectivity index (χ0n) is 48.7. The van der Waals surface area contributed by atoms with E-state index in [2.05, 4.69) is 259 Å². The smallest absolute Gasteiger partial charge is 0.501 e. The molecule has 14 rings (SSSR count). The number of aromatic nitrogens is 5. The molecule has 0 aliphatic rings. The number of benzene rings is 10. The van der Waals surface area contributed by atoms with E-state index in [1.165, 1.54) is 44.5 Å². The monoisotopic (exact) mass is 1270 g/mol. The van der Waals surface area contributed by atoms with Gasteiger partial charge in [0.15, 0.2) is 0 Å². The van der Waals surface area contributed by atoms with Crippen LogP contribution in [0.3, 0.4) is 0 Å². The topological polar surface area (TPSA) is 70.9 Å². The molecular formula is C76H63N5O2Pt. The minimum absolute atomic E-state index is 0. The van der Waals surface area contributed by atoms with Gasteiger partial charge in [-0.05, 0) is 165 Å². The van der Waals surface area contributed by atoms with E-state index in [9.17, 15) is 0 Å². The van der Waals surface area contributed by atoms with E-state index in [4.69, 9.17) is 24.1 Å². The molecule has 4 aromatic heterocycles. The number of hydrogen-bond acceptors (Lipinski definition) is 5. The molecule has 0 aliphatic heterocycles. The summed E-state index contributed by atoms with van der Waals surface area (Å²) < 4.78 is 19.1. The minimum atomic E-state index is 0. The van der Waals surface area contributed by atoms with Crippen LogP contribution in [-0.4, -0.2) is 24.1 Å². The van der Waals surface area contributed by atoms with Gasteiger partial charge in [0.2, 0.25) is 0 Å². The second-order valence-electron chi connectivity index (χ2n) is 23.5. The van der Waals surface area contributed by atoms with Crippen LogP contribution in [-0.2, 0) is 21.1 Å². The predicted octanol–water partition coefficient (Wildman–Crippen LogP) is 20.8. The fourth-order valence-corrected chi connectivity index (χ4v) is 12.3. The van der Waals surface area contributed by atoms with Crippen molar-refractivity contribution in [1.29, 1.82) is 0 Å². The van der Waals surface area contributed by atoms with Crippen LogP contribution in [0.2, 0.25) is 0 Å². The van der Waals surface area contributed by atoms with Crippen molar-refractivity contribution in [2.75, 3.05) is 0 Å². The number of rotatable bonds is 12. The first-order valence-electron chi connectivity index (χ1n) is 29.1. The van der Waals surface area contributed by atoms with E-state index < -0.39 is 0 Å². The van der Waals surface area contributed by atoms with E-state index >= 15 is 0 Å². The molecule has 0 bridgehead atoms. The first kappa shape index (κ1) is 54.4. The van der Waals surface area contributed by atoms with Crippen LogP contribution < -0.4 is 4.74 Å². The number of aryl methyl sites for hydroxylation is 1. The summed E-state index contributed by atoms with van der Waals surface area (Å²) in [6, 6.07) is 76.5. The molecule has 0 atom stereocenters. The summed E-state index contributed by atoms with van der Waals surface area (Å²) in [6.45, 7) is 20.3. The first-order chi connectivity index (χ1) is 40.3. The van der Waals surface area contributed by atoms with Crippen molar-refractivity contribution in [1.82, 2.24) is 24.1 Å². The van der Waals surface area contributed by atoms with Gasteiger partial charge in [0.25, 0.3) is 0 Å². The van der Waals surface area contributed by atoms with Gasteiger partial charge in [-0.3, -0.25) is 15.0 Å². The van der Waals surface area contributed by atoms with Crippen LogP contribution in [0.4, 0.5) is 0 Å². The molecule has 0 N–H and O–H groups in total. The third-order valence-electron chi connectivity index (χ3n) is 16.4. The number of furan rings is 1. The molecule has 8 heteroatoms. The molecule has 0 saturated heterocycles. The Kier molecular flexibility index (Phi) is 14.0. The van der Waals surface area contributed by atoms with Gasteiger partial charge >= 0.3 is 21.1 Å². The summed E-state index contributed by atoms with van der Waals surface area (Å²) in [6.07, 6.45) is 0. The molecule has 0 aliphatic carbocycles. The summed E-state index contributed by atoms with van der Waals surface area (Å²) in [5, 5.41) is 5.06. The number of fused-ring (bicyclic) bond motifs is 7. The zero-order chi connectivity index (χ0) is 56.8. The van der Waals surface area contributed by atoms with Gasteiger partial charge < -0.3 is 18.3 Å². The van der Waals surface area contributed by atoms with Gasteiger partial charge in [-0.15, -0.1) is 23.8 Å². The third kappa shape index (κ3) is 9.49. The molecule has 414 valence electrons. The van der Waals surface area contributed by atoms with E-state index in [0.29, 0.717) is 28.5 Å². The number of hydrogen-bond donors (Lipinski definition) is 0. The molecule has 0 fully saturated rings. The average Bonchev–Trinajstić information content (AvgIpc) is 1.80. The van der Waals surface area contributed by atoms with Crippen LogP contribution in [0, 0.1) is 19.1 Å². The Bertz CT molecular complexity index is 4800. The predicted molar refractivity (Wildman–Crippen MR) is 343 cm³/mol. The molecule has 0 amide bonds. The quantitative estimate of drug-likeness (QED) is 0.0900. The van der Waals surface area contributed by atoms with Crippen molar-refractivity contribution in [3.63, 3.8) is 0 Å². The Morgan fingerprint density at radius 1 is 0.417 bits per heavy atom. The molecule has 14 aromatic rings. The summed E-state index contributed by atoms with van der Waals surface area (Å²) in [7, 11) is 0. The fraction of sp³-hybridized carbons (Fsp3) is 0.171. The number of nitrogens with zero attached hydrogens (tertiary/aromatic N) is 5. The van der Waals surface area contributed by atoms with Gasteiger partial charge in [0, 0.05) is 39.3 Å². The van der Waals surface area contributed by atoms with Crippen molar-refractivity contribution < 1.29 is 30.2 Å². The molecule has 0 radical (unpaired) electrons. The number of para-hydroxylation sites is 4. The van der Waals surface area contributed by atoms with Crippen molar-refractivity contribution in [2.24, 2.45) is 0 Å². The maximum atomic E-state index is 7.17. The Balaban J connectivity index is 0.00000658. The average molecular weight is 1270 g/mol. The van der Waals surface area contributed by atoms with Crippen LogP contribution in [0.5, 0.6) is 11.5 Å². The van der Waals surface area contributed by atoms with Gasteiger partial charge in [-0.25, -0.2) is 0 Å². The molecule has 4 heterocycles. The Hall–Kier alpha value is -8.90. The number of pyridine rings is 1. The van der Waals surface area contributed by atoms with Crippen LogP contribution in [0.25, 0.3) is 122 Å². The second-order valence-corrected chi connectivity index (χ2v) is 23.5. The van der Waals surface area contributed by atoms with Crippen LogP contribution >= 0.6 is 0 Å². The SMILES string of the molecule is Cc1ccc2cc3cc4c(cc3cc2n1)oc1c(-c2nc3ccccc3n2-c2c(C(C)C)cc(-c3ccccc3)cc2C(C)C)[c-]c(Oc2[c-]c(-c3nc5ccccc5n3-c3c(C(C)C)cc(-c5ccccc5)cc3C(C)C)ccc2)cc14.[Pt+2]. The van der Waals surface area contributed by atoms with Gasteiger partial charge in [0.05, 0.1) is 44.8 Å². The van der Waals surface area contributed by atoms with Crippen LogP contribution in [0.15, 0.2) is 199 Å². The largest absolute Gasteiger partial charge is 2.00 e. The van der Waals surface area contributed by atoms with E-state index in [1.54, 1.807) is 0 Å². The Labute approximate surface area is 504 Å². The van der Waals surface area contributed by atoms with Crippen LogP contribution in [0.1, 0.15) is 107 Å². The van der Waals surface area contributed by atoms with Gasteiger partial charge in [0.1, 0.15) is 5.58 Å². The van der Waals surface area contributed by atoms with E-state index in [0.717, 1.165) is 88.6 Å². The number of imidazole rings is 2. The molecule has 84 heavy (non-hydrogen) atoms. The molecule has 0 saturated carbocycles. The van der Waals surface area contributed by atoms with Crippen molar-refractivity contribution in [2.45, 2.75) is 86.0 Å². The fourth-order valence-electron chi connectivity index (χ4n) is 12.3. The normalized spacial score (nSPS) is 12.0. The van der Waals surface area contributed by atoms with Crippen molar-refractivity contribution in [3.8, 4) is 67.9 Å². The molecule has 7 nitrogen and oxygen atoms in total. The van der Waals surface area contributed by atoms with E-state index in [-0.39, 0.29) is 44.7 Å². The molecular weight excluding hydrogens is 1210 g/mol. The summed E-state index contributed by atoms with van der Waals surface area (Å²) >= 11 is 0. The Morgan fingerprint density at radius 2 is 0.940 bits per heavy atom. The van der Waals surface area contributed by atoms with Crippen molar-refractivity contribution >= 4 is 65.7 Å².